The molecule has 0 bridgehead atoms. The molecule has 6 heteroatoms. The van der Waals surface area contributed by atoms with Crippen LogP contribution in [-0.4, -0.2) is 24.8 Å². The molecule has 0 saturated carbocycles. The van der Waals surface area contributed by atoms with Gasteiger partial charge in [-0.15, -0.1) is 0 Å². The molecule has 0 radical (unpaired) electrons. The molecule has 1 heterocycles. The van der Waals surface area contributed by atoms with E-state index in [4.69, 9.17) is 10.5 Å². The number of hydrogen-bond acceptors (Lipinski definition) is 4. The molecule has 0 aliphatic carbocycles. The van der Waals surface area contributed by atoms with Crippen LogP contribution in [0.2, 0.25) is 0 Å². The lowest BCUT2D eigenvalue weighted by Gasteiger charge is -2.33. The summed E-state index contributed by atoms with van der Waals surface area (Å²) in [5.74, 6) is -1.25. The molecule has 5 nitrogen and oxygen atoms in total. The highest BCUT2D eigenvalue weighted by molar-refractivity contribution is 6.05. The first-order valence-corrected chi connectivity index (χ1v) is 8.00. The van der Waals surface area contributed by atoms with Gasteiger partial charge in [0, 0.05) is 24.1 Å². The van der Waals surface area contributed by atoms with Crippen LogP contribution in [0.1, 0.15) is 22.3 Å². The summed E-state index contributed by atoms with van der Waals surface area (Å²) in [6.07, 6.45) is 0.379. The Morgan fingerprint density at radius 3 is 2.60 bits per heavy atom. The number of methoxy groups -OCH3 is 1. The topological polar surface area (TPSA) is 81.4 Å². The zero-order chi connectivity index (χ0) is 18.0. The van der Waals surface area contributed by atoms with Crippen molar-refractivity contribution in [2.75, 3.05) is 12.4 Å². The van der Waals surface area contributed by atoms with Gasteiger partial charge in [0.05, 0.1) is 12.7 Å². The van der Waals surface area contributed by atoms with Gasteiger partial charge in [-0.1, -0.05) is 18.2 Å². The second-order valence-corrected chi connectivity index (χ2v) is 6.11. The van der Waals surface area contributed by atoms with E-state index in [2.05, 4.69) is 5.32 Å². The van der Waals surface area contributed by atoms with Gasteiger partial charge in [0.1, 0.15) is 11.6 Å². The van der Waals surface area contributed by atoms with Gasteiger partial charge < -0.3 is 15.8 Å². The third-order valence-electron chi connectivity index (χ3n) is 4.46. The molecule has 2 unspecified atom stereocenters. The second kappa shape index (κ2) is 6.93. The second-order valence-electron chi connectivity index (χ2n) is 6.11. The fourth-order valence-corrected chi connectivity index (χ4v) is 3.22. The summed E-state index contributed by atoms with van der Waals surface area (Å²) in [5, 5.41) is 3.11. The third kappa shape index (κ3) is 3.47. The van der Waals surface area contributed by atoms with E-state index in [1.807, 2.05) is 12.1 Å². The minimum atomic E-state index is -0.578. The summed E-state index contributed by atoms with van der Waals surface area (Å²) >= 11 is 0. The number of nitrogens with one attached hydrogen (secondary N) is 1. The number of carbonyl (C=O) groups excluding carboxylic acids is 2. The summed E-state index contributed by atoms with van der Waals surface area (Å²) in [5.41, 5.74) is 6.68. The van der Waals surface area contributed by atoms with Gasteiger partial charge in [0.25, 0.3) is 0 Å². The monoisotopic (exact) mass is 342 g/mol. The largest absolute Gasteiger partial charge is 0.497 e. The minimum Gasteiger partial charge on any atom is -0.497 e. The van der Waals surface area contributed by atoms with Gasteiger partial charge in [0.15, 0.2) is 5.78 Å². The highest BCUT2D eigenvalue weighted by Gasteiger charge is 2.37. The van der Waals surface area contributed by atoms with E-state index in [1.54, 1.807) is 25.3 Å². The van der Waals surface area contributed by atoms with E-state index in [0.717, 1.165) is 5.56 Å². The molecule has 0 saturated heterocycles. The number of Topliss-reactive ketones (excluding diaryl/α,β-unsaturated/α-hetero) is 1. The number of ether oxygens (including phenoxy) is 1. The predicted octanol–water partition coefficient (Wildman–Crippen LogP) is 2.55. The smallest absolute Gasteiger partial charge is 0.219 e. The van der Waals surface area contributed by atoms with Crippen molar-refractivity contribution in [3.63, 3.8) is 0 Å². The Kier molecular flexibility index (Phi) is 4.70. The van der Waals surface area contributed by atoms with Gasteiger partial charge >= 0.3 is 0 Å². The van der Waals surface area contributed by atoms with E-state index in [0.29, 0.717) is 17.9 Å². The van der Waals surface area contributed by atoms with Crippen LogP contribution in [0.4, 0.5) is 10.1 Å². The van der Waals surface area contributed by atoms with Crippen molar-refractivity contribution >= 4 is 17.4 Å². The molecule has 1 aliphatic heterocycles. The normalized spacial score (nSPS) is 19.0. The number of amides is 1. The zero-order valence-electron chi connectivity index (χ0n) is 13.8. The Morgan fingerprint density at radius 1 is 1.24 bits per heavy atom. The van der Waals surface area contributed by atoms with Gasteiger partial charge in [-0.3, -0.25) is 9.59 Å². The lowest BCUT2D eigenvalue weighted by atomic mass is 9.80. The molecule has 1 aliphatic rings. The summed E-state index contributed by atoms with van der Waals surface area (Å²) in [4.78, 5) is 24.3. The number of carbonyl (C=O) groups is 2. The van der Waals surface area contributed by atoms with Crippen LogP contribution in [0.25, 0.3) is 0 Å². The molecule has 3 N–H and O–H groups in total. The van der Waals surface area contributed by atoms with Crippen LogP contribution in [0.3, 0.4) is 0 Å². The first-order valence-electron chi connectivity index (χ1n) is 8.00. The van der Waals surface area contributed by atoms with E-state index >= 15 is 0 Å². The van der Waals surface area contributed by atoms with Gasteiger partial charge in [0.2, 0.25) is 5.91 Å². The number of primary amides is 1. The maximum absolute atomic E-state index is 14.2. The van der Waals surface area contributed by atoms with Crippen LogP contribution in [-0.2, 0) is 11.2 Å². The van der Waals surface area contributed by atoms with Crippen LogP contribution < -0.4 is 15.8 Å². The number of ketones is 1. The van der Waals surface area contributed by atoms with Crippen molar-refractivity contribution in [3.8, 4) is 5.75 Å². The van der Waals surface area contributed by atoms with E-state index in [9.17, 15) is 14.0 Å². The van der Waals surface area contributed by atoms with Crippen LogP contribution in [0.5, 0.6) is 5.75 Å². The first-order chi connectivity index (χ1) is 12.0. The molecule has 0 fully saturated rings. The Hall–Kier alpha value is -2.89. The lowest BCUT2D eigenvalue weighted by molar-refractivity contribution is -0.118. The van der Waals surface area contributed by atoms with E-state index in [-0.39, 0.29) is 17.8 Å². The fraction of sp³-hybridized carbons (Fsp3) is 0.263. The number of hydrogen-bond donors (Lipinski definition) is 2. The third-order valence-corrected chi connectivity index (χ3v) is 4.46. The molecular weight excluding hydrogens is 323 g/mol. The Bertz CT molecular complexity index is 805. The van der Waals surface area contributed by atoms with Crippen molar-refractivity contribution in [2.45, 2.75) is 18.9 Å². The highest BCUT2D eigenvalue weighted by atomic mass is 19.1. The Balaban J connectivity index is 1.93. The summed E-state index contributed by atoms with van der Waals surface area (Å²) in [7, 11) is 1.58. The maximum Gasteiger partial charge on any atom is 0.219 e. The molecular formula is C19H19FN2O3. The van der Waals surface area contributed by atoms with Crippen LogP contribution in [0.15, 0.2) is 42.5 Å². The first kappa shape index (κ1) is 17.0. The van der Waals surface area contributed by atoms with Crippen molar-refractivity contribution in [2.24, 2.45) is 11.7 Å². The van der Waals surface area contributed by atoms with Gasteiger partial charge in [-0.2, -0.15) is 0 Å². The van der Waals surface area contributed by atoms with Crippen molar-refractivity contribution in [1.29, 1.82) is 0 Å². The zero-order valence-corrected chi connectivity index (χ0v) is 13.8. The van der Waals surface area contributed by atoms with Crippen molar-refractivity contribution in [1.82, 2.24) is 0 Å². The van der Waals surface area contributed by atoms with Gasteiger partial charge in [-0.25, -0.2) is 4.39 Å². The molecule has 130 valence electrons. The predicted molar refractivity (Wildman–Crippen MR) is 92.1 cm³/mol. The maximum atomic E-state index is 14.2. The number of fused-ring (bicyclic) bond motifs is 1. The number of rotatable bonds is 5. The molecule has 0 spiro atoms. The number of halogens is 1. The van der Waals surface area contributed by atoms with E-state index < -0.39 is 23.7 Å². The molecule has 2 atom stereocenters. The molecule has 3 rings (SSSR count). The average molecular weight is 342 g/mol. The highest BCUT2D eigenvalue weighted by Crippen LogP contribution is 2.33. The number of anilines is 1. The van der Waals surface area contributed by atoms with Crippen molar-refractivity contribution in [3.05, 3.63) is 59.4 Å². The summed E-state index contributed by atoms with van der Waals surface area (Å²) < 4.78 is 19.3. The Morgan fingerprint density at radius 2 is 1.96 bits per heavy atom. The quantitative estimate of drug-likeness (QED) is 0.875. The standard InChI is InChI=1S/C19H19FN2O3/c1-25-12-7-5-11(6-8-12)9-13-16(10-17(21)23)22-15-4-2-3-14(20)18(15)19(13)24/h2-8,13,16,22H,9-10H2,1H3,(H2,21,23). The van der Waals surface area contributed by atoms with E-state index in [1.165, 1.54) is 12.1 Å². The molecule has 2 aromatic rings. The van der Waals surface area contributed by atoms with Crippen LogP contribution in [0, 0.1) is 11.7 Å². The van der Waals surface area contributed by atoms with Crippen molar-refractivity contribution < 1.29 is 18.7 Å². The average Bonchev–Trinajstić information content (AvgIpc) is 2.58. The van der Waals surface area contributed by atoms with Gasteiger partial charge in [-0.05, 0) is 36.2 Å². The summed E-state index contributed by atoms with van der Waals surface area (Å²) in [6, 6.07) is 11.3. The fourth-order valence-electron chi connectivity index (χ4n) is 3.22. The SMILES string of the molecule is COc1ccc(CC2C(=O)c3c(F)cccc3NC2CC(N)=O)cc1. The lowest BCUT2D eigenvalue weighted by Crippen LogP contribution is -2.43. The molecule has 0 aromatic heterocycles. The number of nitrogens with two attached hydrogens (primary N) is 1. The van der Waals surface area contributed by atoms with Crippen LogP contribution >= 0.6 is 0 Å². The number of benzene rings is 2. The summed E-state index contributed by atoms with van der Waals surface area (Å²) in [6.45, 7) is 0. The minimum absolute atomic E-state index is 0.00249. The Labute approximate surface area is 145 Å². The molecule has 1 amide bonds. The molecule has 2 aromatic carbocycles. The molecule has 25 heavy (non-hydrogen) atoms.